The predicted octanol–water partition coefficient (Wildman–Crippen LogP) is 3.87. The molecule has 6 nitrogen and oxygen atoms in total. The summed E-state index contributed by atoms with van der Waals surface area (Å²) in [5, 5.41) is 13.4. The molecule has 150 valence electrons. The van der Waals surface area contributed by atoms with Crippen molar-refractivity contribution in [2.45, 2.75) is 70.8 Å². The number of aromatic nitrogens is 3. The van der Waals surface area contributed by atoms with E-state index in [0.717, 1.165) is 33.3 Å². The molecular formula is C20H26N4O2S2. The summed E-state index contributed by atoms with van der Waals surface area (Å²) in [7, 11) is 0. The van der Waals surface area contributed by atoms with Gasteiger partial charge in [-0.1, -0.05) is 22.7 Å². The lowest BCUT2D eigenvalue weighted by molar-refractivity contribution is -0.116. The molecule has 0 aliphatic heterocycles. The summed E-state index contributed by atoms with van der Waals surface area (Å²) < 4.78 is 1.68. The van der Waals surface area contributed by atoms with Gasteiger partial charge in [-0.05, 0) is 70.1 Å². The Bertz CT molecular complexity index is 938. The molecule has 0 aromatic carbocycles. The van der Waals surface area contributed by atoms with Gasteiger partial charge in [0.25, 0.3) is 0 Å². The first kappa shape index (κ1) is 18.5. The average molecular weight is 419 g/mol. The molecule has 1 amide bonds. The molecule has 4 saturated carbocycles. The van der Waals surface area contributed by atoms with E-state index >= 15 is 0 Å². The van der Waals surface area contributed by atoms with E-state index in [1.54, 1.807) is 15.9 Å². The Morgan fingerprint density at radius 3 is 2.32 bits per heavy atom. The van der Waals surface area contributed by atoms with Crippen molar-refractivity contribution in [2.75, 3.05) is 5.32 Å². The molecule has 6 rings (SSSR count). The molecule has 0 saturated heterocycles. The maximum absolute atomic E-state index is 12.4. The number of hydrogen-bond acceptors (Lipinski definition) is 6. The number of aryl methyl sites for hydroxylation is 1. The standard InChI is InChI=1S/C20H26N4O2S2/c1-11-12(2)27-19(26)24(11)4-3-16(25)21-18-23-22-17(28-18)20-8-13-5-14(9-20)7-15(6-13)10-20/h13-15H,3-10H2,1-2H3,(H,21,23,25). The molecule has 0 radical (unpaired) electrons. The quantitative estimate of drug-likeness (QED) is 0.799. The first-order valence-corrected chi connectivity index (χ1v) is 11.9. The van der Waals surface area contributed by atoms with Crippen molar-refractivity contribution in [1.29, 1.82) is 0 Å². The van der Waals surface area contributed by atoms with Crippen LogP contribution in [-0.2, 0) is 16.8 Å². The highest BCUT2D eigenvalue weighted by Gasteiger charge is 2.53. The highest BCUT2D eigenvalue weighted by molar-refractivity contribution is 7.15. The van der Waals surface area contributed by atoms with Gasteiger partial charge >= 0.3 is 4.87 Å². The second kappa shape index (κ2) is 6.76. The minimum atomic E-state index is -0.108. The van der Waals surface area contributed by atoms with Crippen LogP contribution in [-0.4, -0.2) is 20.7 Å². The molecule has 0 spiro atoms. The zero-order valence-corrected chi connectivity index (χ0v) is 18.0. The lowest BCUT2D eigenvalue weighted by atomic mass is 9.50. The van der Waals surface area contributed by atoms with Crippen LogP contribution in [0.1, 0.15) is 60.5 Å². The van der Waals surface area contributed by atoms with Gasteiger partial charge in [-0.15, -0.1) is 10.2 Å². The molecule has 28 heavy (non-hydrogen) atoms. The Morgan fingerprint density at radius 1 is 1.11 bits per heavy atom. The number of rotatable bonds is 5. The summed E-state index contributed by atoms with van der Waals surface area (Å²) in [6.07, 6.45) is 8.24. The second-order valence-electron chi connectivity index (χ2n) is 9.07. The van der Waals surface area contributed by atoms with Crippen molar-refractivity contribution in [3.05, 3.63) is 25.2 Å². The SMILES string of the molecule is Cc1sc(=O)n(CCC(=O)Nc2nnc(C34CC5CC(CC(C5)C3)C4)s2)c1C. The number of carbonyl (C=O) groups is 1. The lowest BCUT2D eigenvalue weighted by Gasteiger charge is -2.55. The number of nitrogens with one attached hydrogen (secondary N) is 1. The van der Waals surface area contributed by atoms with Crippen LogP contribution >= 0.6 is 22.7 Å². The topological polar surface area (TPSA) is 76.9 Å². The molecule has 1 N–H and O–H groups in total. The highest BCUT2D eigenvalue weighted by atomic mass is 32.1. The fourth-order valence-corrected chi connectivity index (χ4v) is 7.94. The summed E-state index contributed by atoms with van der Waals surface area (Å²) in [6.45, 7) is 4.26. The maximum atomic E-state index is 12.4. The van der Waals surface area contributed by atoms with Gasteiger partial charge in [0.05, 0.1) is 0 Å². The van der Waals surface area contributed by atoms with E-state index in [0.29, 0.717) is 11.7 Å². The lowest BCUT2D eigenvalue weighted by Crippen LogP contribution is -2.48. The summed E-state index contributed by atoms with van der Waals surface area (Å²) in [5.41, 5.74) is 1.16. The third-order valence-corrected chi connectivity index (χ3v) is 9.18. The van der Waals surface area contributed by atoms with Crippen LogP contribution in [0.25, 0.3) is 0 Å². The second-order valence-corrected chi connectivity index (χ2v) is 11.2. The van der Waals surface area contributed by atoms with E-state index in [9.17, 15) is 9.59 Å². The van der Waals surface area contributed by atoms with Crippen LogP contribution in [0.5, 0.6) is 0 Å². The molecule has 2 heterocycles. The van der Waals surface area contributed by atoms with Crippen LogP contribution in [0.15, 0.2) is 4.79 Å². The van der Waals surface area contributed by atoms with E-state index in [4.69, 9.17) is 0 Å². The van der Waals surface area contributed by atoms with Crippen molar-refractivity contribution < 1.29 is 4.79 Å². The number of nitrogens with zero attached hydrogens (tertiary/aromatic N) is 3. The number of carbonyl (C=O) groups excluding carboxylic acids is 1. The third-order valence-electron chi connectivity index (χ3n) is 7.10. The summed E-state index contributed by atoms with van der Waals surface area (Å²) in [5.74, 6) is 2.49. The van der Waals surface area contributed by atoms with Gasteiger partial charge in [-0.3, -0.25) is 9.59 Å². The Balaban J connectivity index is 1.24. The van der Waals surface area contributed by atoms with Crippen LogP contribution in [0.4, 0.5) is 5.13 Å². The molecule has 4 bridgehead atoms. The average Bonchev–Trinajstić information content (AvgIpc) is 3.18. The van der Waals surface area contributed by atoms with E-state index in [1.807, 2.05) is 13.8 Å². The van der Waals surface area contributed by atoms with Crippen LogP contribution in [0.2, 0.25) is 0 Å². The predicted molar refractivity (Wildman–Crippen MR) is 111 cm³/mol. The summed E-state index contributed by atoms with van der Waals surface area (Å²) in [6, 6.07) is 0. The number of thiazole rings is 1. The zero-order chi connectivity index (χ0) is 19.5. The van der Waals surface area contributed by atoms with Crippen molar-refractivity contribution in [1.82, 2.24) is 14.8 Å². The van der Waals surface area contributed by atoms with Crippen molar-refractivity contribution in [3.8, 4) is 0 Å². The molecule has 2 aromatic rings. The summed E-state index contributed by atoms with van der Waals surface area (Å²) >= 11 is 2.80. The van der Waals surface area contributed by atoms with Crippen molar-refractivity contribution >= 4 is 33.7 Å². The number of anilines is 1. The highest BCUT2D eigenvalue weighted by Crippen LogP contribution is 2.61. The first-order chi connectivity index (χ1) is 13.4. The zero-order valence-electron chi connectivity index (χ0n) is 16.4. The van der Waals surface area contributed by atoms with Crippen molar-refractivity contribution in [2.24, 2.45) is 17.8 Å². The molecule has 4 fully saturated rings. The van der Waals surface area contributed by atoms with Gasteiger partial charge in [-0.2, -0.15) is 0 Å². The Kier molecular flexibility index (Phi) is 4.46. The van der Waals surface area contributed by atoms with Gasteiger partial charge in [0.15, 0.2) is 0 Å². The Hall–Kier alpha value is -1.54. The molecule has 8 heteroatoms. The van der Waals surface area contributed by atoms with E-state index < -0.39 is 0 Å². The molecule has 0 unspecified atom stereocenters. The smallest absolute Gasteiger partial charge is 0.303 e. The summed E-state index contributed by atoms with van der Waals surface area (Å²) in [4.78, 5) is 25.4. The molecule has 4 aliphatic carbocycles. The monoisotopic (exact) mass is 418 g/mol. The molecule has 4 aliphatic rings. The van der Waals surface area contributed by atoms with Gasteiger partial charge in [0.2, 0.25) is 11.0 Å². The number of amides is 1. The normalized spacial score (nSPS) is 30.7. The first-order valence-electron chi connectivity index (χ1n) is 10.2. The Labute approximate surface area is 172 Å². The Morgan fingerprint density at radius 2 is 1.75 bits per heavy atom. The van der Waals surface area contributed by atoms with Gasteiger partial charge < -0.3 is 9.88 Å². The minimum Gasteiger partial charge on any atom is -0.303 e. The molecule has 0 atom stereocenters. The molecule has 2 aromatic heterocycles. The fraction of sp³-hybridized carbons (Fsp3) is 0.700. The van der Waals surface area contributed by atoms with Crippen LogP contribution in [0.3, 0.4) is 0 Å². The third kappa shape index (κ3) is 3.14. The van der Waals surface area contributed by atoms with E-state index in [1.165, 1.54) is 49.9 Å². The minimum absolute atomic E-state index is 0.00261. The van der Waals surface area contributed by atoms with Gasteiger partial charge in [-0.25, -0.2) is 0 Å². The van der Waals surface area contributed by atoms with Crippen LogP contribution < -0.4 is 10.2 Å². The van der Waals surface area contributed by atoms with E-state index in [2.05, 4.69) is 15.5 Å². The number of hydrogen-bond donors (Lipinski definition) is 1. The van der Waals surface area contributed by atoms with Crippen molar-refractivity contribution in [3.63, 3.8) is 0 Å². The fourth-order valence-electron chi connectivity index (χ4n) is 6.10. The van der Waals surface area contributed by atoms with Crippen LogP contribution in [0, 0.1) is 31.6 Å². The maximum Gasteiger partial charge on any atom is 0.307 e. The molecular weight excluding hydrogens is 392 g/mol. The van der Waals surface area contributed by atoms with Gasteiger partial charge in [0, 0.05) is 29.0 Å². The van der Waals surface area contributed by atoms with E-state index in [-0.39, 0.29) is 22.6 Å². The van der Waals surface area contributed by atoms with Gasteiger partial charge in [0.1, 0.15) is 5.01 Å². The largest absolute Gasteiger partial charge is 0.307 e.